The fourth-order valence-corrected chi connectivity index (χ4v) is 4.08. The summed E-state index contributed by atoms with van der Waals surface area (Å²) < 4.78 is 6.92. The predicted molar refractivity (Wildman–Crippen MR) is 118 cm³/mol. The molecule has 0 amide bonds. The van der Waals surface area contributed by atoms with E-state index in [1.54, 1.807) is 29.8 Å². The first-order chi connectivity index (χ1) is 14.8. The third-order valence-electron chi connectivity index (χ3n) is 5.92. The van der Waals surface area contributed by atoms with E-state index in [0.29, 0.717) is 29.6 Å². The van der Waals surface area contributed by atoms with Gasteiger partial charge >= 0.3 is 0 Å². The van der Waals surface area contributed by atoms with E-state index in [-0.39, 0.29) is 23.6 Å². The van der Waals surface area contributed by atoms with Gasteiger partial charge in [0, 0.05) is 44.2 Å². The molecule has 4 rings (SSSR count). The SMILES string of the molecule is [C-]#[N+]c1ccc2c(n1)c(N1C[C@@H](C)N(Cc3noc(C(C)C)n3)C[C@@H]1C)cc(=O)n2C. The number of anilines is 1. The molecule has 0 spiro atoms. The van der Waals surface area contributed by atoms with E-state index < -0.39 is 0 Å². The van der Waals surface area contributed by atoms with Crippen molar-refractivity contribution in [1.82, 2.24) is 24.6 Å². The number of hydrogen-bond donors (Lipinski definition) is 0. The van der Waals surface area contributed by atoms with Gasteiger partial charge in [-0.1, -0.05) is 25.6 Å². The van der Waals surface area contributed by atoms with Crippen molar-refractivity contribution in [2.24, 2.45) is 7.05 Å². The highest BCUT2D eigenvalue weighted by molar-refractivity contribution is 5.89. The summed E-state index contributed by atoms with van der Waals surface area (Å²) >= 11 is 0. The molecule has 0 aliphatic carbocycles. The van der Waals surface area contributed by atoms with Gasteiger partial charge < -0.3 is 18.8 Å². The zero-order valence-electron chi connectivity index (χ0n) is 18.5. The highest BCUT2D eigenvalue weighted by Gasteiger charge is 2.32. The molecule has 1 saturated heterocycles. The Morgan fingerprint density at radius 1 is 1.23 bits per heavy atom. The van der Waals surface area contributed by atoms with Crippen LogP contribution in [-0.2, 0) is 13.6 Å². The molecule has 0 bridgehead atoms. The molecule has 0 unspecified atom stereocenters. The third kappa shape index (κ3) is 3.91. The highest BCUT2D eigenvalue weighted by Crippen LogP contribution is 2.30. The molecule has 1 aliphatic heterocycles. The molecule has 1 aliphatic rings. The minimum Gasteiger partial charge on any atom is -0.362 e. The number of rotatable bonds is 4. The van der Waals surface area contributed by atoms with Crippen molar-refractivity contribution < 1.29 is 4.52 Å². The fraction of sp³-hybridized carbons (Fsp3) is 0.500. The third-order valence-corrected chi connectivity index (χ3v) is 5.92. The van der Waals surface area contributed by atoms with Crippen LogP contribution in [0.15, 0.2) is 27.5 Å². The van der Waals surface area contributed by atoms with Crippen LogP contribution in [0.5, 0.6) is 0 Å². The Labute approximate surface area is 181 Å². The first kappa shape index (κ1) is 21.0. The van der Waals surface area contributed by atoms with Crippen molar-refractivity contribution in [1.29, 1.82) is 0 Å². The molecule has 0 aromatic carbocycles. The number of fused-ring (bicyclic) bond motifs is 1. The van der Waals surface area contributed by atoms with E-state index >= 15 is 0 Å². The second-order valence-electron chi connectivity index (χ2n) is 8.56. The van der Waals surface area contributed by atoms with Crippen molar-refractivity contribution >= 4 is 22.5 Å². The molecule has 0 radical (unpaired) electrons. The lowest BCUT2D eigenvalue weighted by Crippen LogP contribution is -2.56. The second-order valence-corrected chi connectivity index (χ2v) is 8.56. The van der Waals surface area contributed by atoms with Gasteiger partial charge in [-0.3, -0.25) is 9.69 Å². The minimum absolute atomic E-state index is 0.0878. The second kappa shape index (κ2) is 8.12. The lowest BCUT2D eigenvalue weighted by Gasteiger charge is -2.44. The van der Waals surface area contributed by atoms with Gasteiger partial charge in [0.05, 0.1) is 17.7 Å². The molecule has 162 valence electrons. The maximum Gasteiger partial charge on any atom is 0.270 e. The Hall–Kier alpha value is -3.25. The highest BCUT2D eigenvalue weighted by atomic mass is 16.5. The Balaban J connectivity index is 1.63. The van der Waals surface area contributed by atoms with Gasteiger partial charge in [0.1, 0.15) is 0 Å². The molecule has 1 fully saturated rings. The Morgan fingerprint density at radius 3 is 2.68 bits per heavy atom. The number of nitrogens with zero attached hydrogens (tertiary/aromatic N) is 7. The lowest BCUT2D eigenvalue weighted by molar-refractivity contribution is 0.152. The average molecular weight is 422 g/mol. The van der Waals surface area contributed by atoms with E-state index in [9.17, 15) is 4.79 Å². The lowest BCUT2D eigenvalue weighted by atomic mass is 10.1. The number of pyridine rings is 2. The largest absolute Gasteiger partial charge is 0.362 e. The fourth-order valence-electron chi connectivity index (χ4n) is 4.08. The summed E-state index contributed by atoms with van der Waals surface area (Å²) in [6.07, 6.45) is 0. The van der Waals surface area contributed by atoms with E-state index in [4.69, 9.17) is 11.1 Å². The molecular weight excluding hydrogens is 394 g/mol. The van der Waals surface area contributed by atoms with Crippen LogP contribution in [0.1, 0.15) is 45.3 Å². The van der Waals surface area contributed by atoms with E-state index in [1.807, 2.05) is 13.8 Å². The zero-order valence-corrected chi connectivity index (χ0v) is 18.5. The maximum atomic E-state index is 12.6. The van der Waals surface area contributed by atoms with Gasteiger partial charge in [-0.2, -0.15) is 4.98 Å². The van der Waals surface area contributed by atoms with Crippen molar-refractivity contribution in [3.05, 3.63) is 51.7 Å². The monoisotopic (exact) mass is 421 g/mol. The Morgan fingerprint density at radius 2 is 2.00 bits per heavy atom. The summed E-state index contributed by atoms with van der Waals surface area (Å²) in [5, 5.41) is 4.13. The van der Waals surface area contributed by atoms with Crippen molar-refractivity contribution in [2.75, 3.05) is 18.0 Å². The zero-order chi connectivity index (χ0) is 22.3. The number of aryl methyl sites for hydroxylation is 1. The molecule has 3 aromatic rings. The maximum absolute atomic E-state index is 12.6. The van der Waals surface area contributed by atoms with Crippen LogP contribution in [0.3, 0.4) is 0 Å². The topological polar surface area (TPSA) is 84.7 Å². The normalized spacial score (nSPS) is 19.8. The van der Waals surface area contributed by atoms with Crippen LogP contribution in [0, 0.1) is 6.57 Å². The van der Waals surface area contributed by atoms with E-state index in [2.05, 4.69) is 43.6 Å². The van der Waals surface area contributed by atoms with Crippen LogP contribution < -0.4 is 10.5 Å². The first-order valence-corrected chi connectivity index (χ1v) is 10.5. The van der Waals surface area contributed by atoms with Gasteiger partial charge in [-0.25, -0.2) is 0 Å². The molecule has 9 heteroatoms. The Kier molecular flexibility index (Phi) is 5.50. The Bertz CT molecular complexity index is 1210. The van der Waals surface area contributed by atoms with Crippen LogP contribution in [0.2, 0.25) is 0 Å². The summed E-state index contributed by atoms with van der Waals surface area (Å²) in [7, 11) is 1.73. The van der Waals surface area contributed by atoms with Crippen LogP contribution in [0.25, 0.3) is 15.9 Å². The first-order valence-electron chi connectivity index (χ1n) is 10.5. The number of piperazine rings is 1. The summed E-state index contributed by atoms with van der Waals surface area (Å²) in [4.78, 5) is 29.7. The summed E-state index contributed by atoms with van der Waals surface area (Å²) in [5.41, 5.74) is 2.10. The van der Waals surface area contributed by atoms with Crippen LogP contribution in [-0.4, -0.2) is 49.8 Å². The smallest absolute Gasteiger partial charge is 0.270 e. The summed E-state index contributed by atoms with van der Waals surface area (Å²) in [5.74, 6) is 1.88. The molecule has 0 N–H and O–H groups in total. The van der Waals surface area contributed by atoms with E-state index in [1.165, 1.54) is 0 Å². The molecular formula is C22H27N7O2. The number of hydrogen-bond acceptors (Lipinski definition) is 7. The standard InChI is InChI=1S/C22H27N7O2/c1-13(2)22-25-19(26-31-22)12-28-10-15(4)29(11-14(28)3)17-9-20(30)27(6)16-7-8-18(23-5)24-21(16)17/h7-9,13-15H,10-12H2,1-4,6H3/t14-,15+/m1/s1. The van der Waals surface area contributed by atoms with Gasteiger partial charge in [-0.05, 0) is 26.0 Å². The van der Waals surface area contributed by atoms with Gasteiger partial charge in [0.2, 0.25) is 11.4 Å². The van der Waals surface area contributed by atoms with Crippen molar-refractivity contribution in [3.63, 3.8) is 0 Å². The van der Waals surface area contributed by atoms with E-state index in [0.717, 1.165) is 24.3 Å². The molecule has 31 heavy (non-hydrogen) atoms. The quantitative estimate of drug-likeness (QED) is 0.599. The van der Waals surface area contributed by atoms with Crippen LogP contribution >= 0.6 is 0 Å². The molecule has 4 heterocycles. The number of aromatic nitrogens is 4. The summed E-state index contributed by atoms with van der Waals surface area (Å²) in [6.45, 7) is 17.8. The minimum atomic E-state index is -0.0878. The predicted octanol–water partition coefficient (Wildman–Crippen LogP) is 3.09. The summed E-state index contributed by atoms with van der Waals surface area (Å²) in [6, 6.07) is 5.43. The van der Waals surface area contributed by atoms with Gasteiger partial charge in [-0.15, -0.1) is 4.98 Å². The molecule has 2 atom stereocenters. The molecule has 3 aromatic heterocycles. The van der Waals surface area contributed by atoms with Crippen molar-refractivity contribution in [2.45, 2.75) is 52.2 Å². The molecule has 0 saturated carbocycles. The van der Waals surface area contributed by atoms with Crippen molar-refractivity contribution in [3.8, 4) is 0 Å². The average Bonchev–Trinajstić information content (AvgIpc) is 3.22. The van der Waals surface area contributed by atoms with Gasteiger partial charge in [0.25, 0.3) is 11.4 Å². The van der Waals surface area contributed by atoms with Gasteiger partial charge in [0.15, 0.2) is 5.82 Å². The molecule has 9 nitrogen and oxygen atoms in total. The van der Waals surface area contributed by atoms with Crippen LogP contribution in [0.4, 0.5) is 11.5 Å².